The highest BCUT2D eigenvalue weighted by atomic mass is 35.5. The van der Waals surface area contributed by atoms with E-state index in [0.717, 1.165) is 16.9 Å². The highest BCUT2D eigenvalue weighted by molar-refractivity contribution is 7.91. The number of carbonyl (C=O) groups is 1. The number of thiophene rings is 1. The normalized spacial score (nSPS) is 13.6. The fourth-order valence-corrected chi connectivity index (χ4v) is 4.15. The van der Waals surface area contributed by atoms with Crippen LogP contribution in [0.15, 0.2) is 52.1 Å². The van der Waals surface area contributed by atoms with Crippen LogP contribution in [0, 0.1) is 0 Å². The van der Waals surface area contributed by atoms with E-state index in [4.69, 9.17) is 5.73 Å². The Bertz CT molecular complexity index is 737. The molecule has 9 heteroatoms. The Morgan fingerprint density at radius 3 is 2.46 bits per heavy atom. The van der Waals surface area contributed by atoms with Crippen molar-refractivity contribution in [1.82, 2.24) is 10.0 Å². The van der Waals surface area contributed by atoms with Gasteiger partial charge in [-0.25, -0.2) is 8.42 Å². The van der Waals surface area contributed by atoms with Crippen LogP contribution in [0.5, 0.6) is 0 Å². The number of hydrogen-bond donors (Lipinski definition) is 3. The Morgan fingerprint density at radius 1 is 1.21 bits per heavy atom. The first-order valence-corrected chi connectivity index (χ1v) is 9.40. The molecule has 2 unspecified atom stereocenters. The Labute approximate surface area is 151 Å². The SMILES string of the molecule is CC(NS(=O)(=O)c1cccs1)C(=O)NCC(N)c1ccccc1.Cl. The van der Waals surface area contributed by atoms with E-state index in [2.05, 4.69) is 10.0 Å². The first-order chi connectivity index (χ1) is 10.9. The highest BCUT2D eigenvalue weighted by Crippen LogP contribution is 2.15. The van der Waals surface area contributed by atoms with Gasteiger partial charge in [-0.1, -0.05) is 36.4 Å². The van der Waals surface area contributed by atoms with Gasteiger partial charge in [0, 0.05) is 12.6 Å². The molecule has 2 atom stereocenters. The topological polar surface area (TPSA) is 101 Å². The lowest BCUT2D eigenvalue weighted by Crippen LogP contribution is -2.46. The molecule has 1 amide bonds. The summed E-state index contributed by atoms with van der Waals surface area (Å²) in [4.78, 5) is 12.0. The van der Waals surface area contributed by atoms with Crippen molar-refractivity contribution in [3.63, 3.8) is 0 Å². The quantitative estimate of drug-likeness (QED) is 0.670. The highest BCUT2D eigenvalue weighted by Gasteiger charge is 2.22. The van der Waals surface area contributed by atoms with E-state index in [0.29, 0.717) is 0 Å². The van der Waals surface area contributed by atoms with Crippen LogP contribution in [-0.4, -0.2) is 26.9 Å². The number of rotatable bonds is 7. The fraction of sp³-hybridized carbons (Fsp3) is 0.267. The molecule has 2 aromatic rings. The number of halogens is 1. The van der Waals surface area contributed by atoms with Crippen molar-refractivity contribution in [3.05, 3.63) is 53.4 Å². The predicted octanol–water partition coefficient (Wildman–Crippen LogP) is 1.65. The minimum Gasteiger partial charge on any atom is -0.353 e. The van der Waals surface area contributed by atoms with Gasteiger partial charge in [-0.05, 0) is 23.9 Å². The van der Waals surface area contributed by atoms with Crippen LogP contribution in [0.4, 0.5) is 0 Å². The van der Waals surface area contributed by atoms with E-state index in [-0.39, 0.29) is 29.2 Å². The molecule has 1 aromatic carbocycles. The van der Waals surface area contributed by atoms with Gasteiger partial charge >= 0.3 is 0 Å². The lowest BCUT2D eigenvalue weighted by molar-refractivity contribution is -0.122. The summed E-state index contributed by atoms with van der Waals surface area (Å²) in [5.41, 5.74) is 6.90. The molecule has 0 bridgehead atoms. The number of nitrogens with one attached hydrogen (secondary N) is 2. The average Bonchev–Trinajstić information content (AvgIpc) is 3.08. The maximum Gasteiger partial charge on any atom is 0.250 e. The molecule has 2 rings (SSSR count). The monoisotopic (exact) mass is 389 g/mol. The molecule has 0 aliphatic carbocycles. The number of nitrogens with two attached hydrogens (primary N) is 1. The smallest absolute Gasteiger partial charge is 0.250 e. The first kappa shape index (κ1) is 20.6. The molecule has 0 fully saturated rings. The summed E-state index contributed by atoms with van der Waals surface area (Å²) in [6, 6.07) is 11.3. The van der Waals surface area contributed by atoms with Crippen molar-refractivity contribution in [2.45, 2.75) is 23.2 Å². The van der Waals surface area contributed by atoms with Gasteiger partial charge in [0.15, 0.2) is 0 Å². The van der Waals surface area contributed by atoms with Crippen molar-refractivity contribution in [1.29, 1.82) is 0 Å². The Kier molecular flexibility index (Phi) is 7.85. The Morgan fingerprint density at radius 2 is 1.88 bits per heavy atom. The molecule has 0 spiro atoms. The van der Waals surface area contributed by atoms with Crippen LogP contribution < -0.4 is 15.8 Å². The first-order valence-electron chi connectivity index (χ1n) is 7.04. The minimum atomic E-state index is -3.68. The van der Waals surface area contributed by atoms with Crippen LogP contribution in [-0.2, 0) is 14.8 Å². The van der Waals surface area contributed by atoms with Gasteiger partial charge in [-0.2, -0.15) is 4.72 Å². The van der Waals surface area contributed by atoms with Crippen molar-refractivity contribution >= 4 is 39.7 Å². The van der Waals surface area contributed by atoms with E-state index < -0.39 is 22.0 Å². The van der Waals surface area contributed by atoms with Crippen molar-refractivity contribution < 1.29 is 13.2 Å². The molecule has 0 aliphatic heterocycles. The van der Waals surface area contributed by atoms with E-state index in [9.17, 15) is 13.2 Å². The van der Waals surface area contributed by atoms with E-state index in [1.807, 2.05) is 30.3 Å². The summed E-state index contributed by atoms with van der Waals surface area (Å²) >= 11 is 1.10. The number of carbonyl (C=O) groups excluding carboxylic acids is 1. The summed E-state index contributed by atoms with van der Waals surface area (Å²) < 4.78 is 26.7. The largest absolute Gasteiger partial charge is 0.353 e. The van der Waals surface area contributed by atoms with Crippen molar-refractivity contribution in [2.24, 2.45) is 5.73 Å². The van der Waals surface area contributed by atoms with Crippen LogP contribution >= 0.6 is 23.7 Å². The lowest BCUT2D eigenvalue weighted by atomic mass is 10.1. The third kappa shape index (κ3) is 5.57. The molecule has 0 saturated carbocycles. The molecule has 24 heavy (non-hydrogen) atoms. The zero-order valence-corrected chi connectivity index (χ0v) is 15.5. The van der Waals surface area contributed by atoms with Crippen LogP contribution in [0.3, 0.4) is 0 Å². The van der Waals surface area contributed by atoms with Gasteiger partial charge < -0.3 is 11.1 Å². The summed E-state index contributed by atoms with van der Waals surface area (Å²) in [6.45, 7) is 1.72. The maximum atomic E-state index is 12.1. The number of hydrogen-bond acceptors (Lipinski definition) is 5. The average molecular weight is 390 g/mol. The second kappa shape index (κ2) is 9.14. The van der Waals surface area contributed by atoms with Crippen LogP contribution in [0.1, 0.15) is 18.5 Å². The minimum absolute atomic E-state index is 0. The zero-order valence-electron chi connectivity index (χ0n) is 13.0. The number of amides is 1. The molecule has 0 aliphatic rings. The van der Waals surface area contributed by atoms with E-state index >= 15 is 0 Å². The summed E-state index contributed by atoms with van der Waals surface area (Å²) in [7, 11) is -3.68. The van der Waals surface area contributed by atoms with Gasteiger partial charge in [-0.3, -0.25) is 4.79 Å². The summed E-state index contributed by atoms with van der Waals surface area (Å²) in [5, 5.41) is 4.33. The van der Waals surface area contributed by atoms with Crippen molar-refractivity contribution in [2.75, 3.05) is 6.54 Å². The zero-order chi connectivity index (χ0) is 16.9. The Balaban J connectivity index is 0.00000288. The maximum absolute atomic E-state index is 12.1. The predicted molar refractivity (Wildman–Crippen MR) is 97.7 cm³/mol. The van der Waals surface area contributed by atoms with Gasteiger partial charge in [-0.15, -0.1) is 23.7 Å². The molecule has 1 heterocycles. The molecule has 132 valence electrons. The molecular formula is C15H20ClN3O3S2. The summed E-state index contributed by atoms with van der Waals surface area (Å²) in [6.07, 6.45) is 0. The Hall–Kier alpha value is -1.45. The molecule has 0 saturated heterocycles. The van der Waals surface area contributed by atoms with E-state index in [1.54, 1.807) is 11.4 Å². The third-order valence-electron chi connectivity index (χ3n) is 3.21. The standard InChI is InChI=1S/C15H19N3O3S2.ClH/c1-11(18-23(20,21)14-8-5-9-22-14)15(19)17-10-13(16)12-6-3-2-4-7-12;/h2-9,11,13,18H,10,16H2,1H3,(H,17,19);1H. The third-order valence-corrected chi connectivity index (χ3v) is 6.15. The molecule has 4 N–H and O–H groups in total. The van der Waals surface area contributed by atoms with E-state index in [1.165, 1.54) is 13.0 Å². The summed E-state index contributed by atoms with van der Waals surface area (Å²) in [5.74, 6) is -0.420. The van der Waals surface area contributed by atoms with Gasteiger partial charge in [0.2, 0.25) is 5.91 Å². The second-order valence-corrected chi connectivity index (χ2v) is 7.93. The number of benzene rings is 1. The molecular weight excluding hydrogens is 370 g/mol. The fourth-order valence-electron chi connectivity index (χ4n) is 1.94. The molecule has 0 radical (unpaired) electrons. The molecule has 1 aromatic heterocycles. The van der Waals surface area contributed by atoms with Crippen molar-refractivity contribution in [3.8, 4) is 0 Å². The second-order valence-electron chi connectivity index (χ2n) is 5.04. The molecule has 6 nitrogen and oxygen atoms in total. The van der Waals surface area contributed by atoms with Crippen LogP contribution in [0.2, 0.25) is 0 Å². The van der Waals surface area contributed by atoms with Crippen LogP contribution in [0.25, 0.3) is 0 Å². The van der Waals surface area contributed by atoms with Gasteiger partial charge in [0.05, 0.1) is 6.04 Å². The van der Waals surface area contributed by atoms with Gasteiger partial charge in [0.25, 0.3) is 10.0 Å². The number of sulfonamides is 1. The van der Waals surface area contributed by atoms with Gasteiger partial charge in [0.1, 0.15) is 4.21 Å². The lowest BCUT2D eigenvalue weighted by Gasteiger charge is -2.17.